The summed E-state index contributed by atoms with van der Waals surface area (Å²) in [6.07, 6.45) is 9.54. The molecule has 1 heterocycles. The minimum atomic E-state index is -0.761. The molecule has 0 aromatic carbocycles. The number of nitrogens with zero attached hydrogens (tertiary/aromatic N) is 1. The van der Waals surface area contributed by atoms with Gasteiger partial charge in [0, 0.05) is 6.54 Å². The fraction of sp³-hybridized carbons (Fsp3) is 0.750. The Morgan fingerprint density at radius 1 is 1.18 bits per heavy atom. The average Bonchev–Trinajstić information content (AvgIpc) is 3.32. The summed E-state index contributed by atoms with van der Waals surface area (Å²) in [7, 11) is 1.41. The number of hydrogen-bond donors (Lipinski definition) is 2. The van der Waals surface area contributed by atoms with Crippen molar-refractivity contribution in [3.05, 3.63) is 12.2 Å². The number of nitrogens with one attached hydrogen (secondary N) is 1. The lowest BCUT2D eigenvalue weighted by atomic mass is 10.0. The third-order valence-electron chi connectivity index (χ3n) is 5.94. The van der Waals surface area contributed by atoms with Gasteiger partial charge in [-0.05, 0) is 65.2 Å². The lowest BCUT2D eigenvalue weighted by Gasteiger charge is -2.28. The van der Waals surface area contributed by atoms with Gasteiger partial charge in [0.05, 0.1) is 13.0 Å². The van der Waals surface area contributed by atoms with Gasteiger partial charge in [-0.3, -0.25) is 14.4 Å². The second-order valence-corrected chi connectivity index (χ2v) is 9.89. The fourth-order valence-electron chi connectivity index (χ4n) is 4.14. The minimum Gasteiger partial charge on any atom is -0.469 e. The van der Waals surface area contributed by atoms with Gasteiger partial charge in [0.1, 0.15) is 17.7 Å². The summed E-state index contributed by atoms with van der Waals surface area (Å²) in [5.41, 5.74) is 4.78. The maximum Gasteiger partial charge on any atom is 0.408 e. The Hall–Kier alpha value is -2.58. The van der Waals surface area contributed by atoms with Gasteiger partial charge >= 0.3 is 12.1 Å². The van der Waals surface area contributed by atoms with Crippen molar-refractivity contribution in [3.8, 4) is 0 Å². The van der Waals surface area contributed by atoms with E-state index < -0.39 is 29.7 Å². The number of amides is 3. The van der Waals surface area contributed by atoms with Crippen molar-refractivity contribution in [3.63, 3.8) is 0 Å². The Bertz CT molecular complexity index is 745. The molecule has 9 nitrogen and oxygen atoms in total. The lowest BCUT2D eigenvalue weighted by molar-refractivity contribution is -0.142. The van der Waals surface area contributed by atoms with Crippen LogP contribution in [0.15, 0.2) is 12.2 Å². The summed E-state index contributed by atoms with van der Waals surface area (Å²) in [5, 5.41) is 2.69. The summed E-state index contributed by atoms with van der Waals surface area (Å²) in [4.78, 5) is 50.1. The van der Waals surface area contributed by atoms with E-state index in [4.69, 9.17) is 15.2 Å². The second-order valence-electron chi connectivity index (χ2n) is 9.89. The van der Waals surface area contributed by atoms with Crippen molar-refractivity contribution in [2.75, 3.05) is 13.7 Å². The van der Waals surface area contributed by atoms with Gasteiger partial charge < -0.3 is 25.4 Å². The minimum absolute atomic E-state index is 0.00626. The molecule has 0 bridgehead atoms. The molecule has 1 saturated carbocycles. The first-order valence-corrected chi connectivity index (χ1v) is 11.9. The van der Waals surface area contributed by atoms with Crippen molar-refractivity contribution in [1.82, 2.24) is 10.2 Å². The predicted octanol–water partition coefficient (Wildman–Crippen LogP) is 2.67. The van der Waals surface area contributed by atoms with Gasteiger partial charge in [0.2, 0.25) is 11.8 Å². The number of carbonyl (C=O) groups excluding carboxylic acids is 4. The van der Waals surface area contributed by atoms with Crippen LogP contribution >= 0.6 is 0 Å². The Morgan fingerprint density at radius 2 is 1.91 bits per heavy atom. The number of likely N-dealkylation sites (tertiary alicyclic amines) is 1. The molecule has 186 valence electrons. The van der Waals surface area contributed by atoms with Crippen molar-refractivity contribution < 1.29 is 28.7 Å². The van der Waals surface area contributed by atoms with E-state index in [0.29, 0.717) is 25.8 Å². The Balaban J connectivity index is 1.82. The highest BCUT2D eigenvalue weighted by atomic mass is 16.6. The van der Waals surface area contributed by atoms with Crippen LogP contribution in [-0.4, -0.2) is 60.1 Å². The number of unbranched alkanes of at least 4 members (excludes halogenated alkanes) is 3. The normalized spacial score (nSPS) is 23.3. The maximum absolute atomic E-state index is 13.1. The number of ether oxygens (including phenoxy) is 2. The summed E-state index contributed by atoms with van der Waals surface area (Å²) in [6, 6.07) is -1.38. The molecule has 1 aliphatic carbocycles. The average molecular weight is 466 g/mol. The van der Waals surface area contributed by atoms with Crippen LogP contribution in [0.25, 0.3) is 0 Å². The van der Waals surface area contributed by atoms with Crippen molar-refractivity contribution in [2.45, 2.75) is 89.8 Å². The molecule has 1 aliphatic heterocycles. The van der Waals surface area contributed by atoms with Crippen molar-refractivity contribution in [1.29, 1.82) is 0 Å². The van der Waals surface area contributed by atoms with Crippen LogP contribution in [0.4, 0.5) is 4.79 Å². The van der Waals surface area contributed by atoms with Crippen molar-refractivity contribution >= 4 is 23.9 Å². The van der Waals surface area contributed by atoms with E-state index in [0.717, 1.165) is 32.1 Å². The number of primary amides is 1. The van der Waals surface area contributed by atoms with Gasteiger partial charge in [0.15, 0.2) is 0 Å². The first kappa shape index (κ1) is 26.7. The molecular weight excluding hydrogens is 426 g/mol. The monoisotopic (exact) mass is 465 g/mol. The molecule has 4 atom stereocenters. The molecule has 1 saturated heterocycles. The zero-order valence-corrected chi connectivity index (χ0v) is 20.3. The van der Waals surface area contributed by atoms with E-state index in [1.807, 2.05) is 0 Å². The SMILES string of the molecule is COC(=O)[C@H]1C[C@H]1/C=C\CCCCC[C@H](NC(=O)OC(C)(C)C)C(=O)N1CCC[C@H]1C(N)=O. The number of carbonyl (C=O) groups is 4. The number of rotatable bonds is 11. The van der Waals surface area contributed by atoms with Crippen LogP contribution < -0.4 is 11.1 Å². The highest BCUT2D eigenvalue weighted by molar-refractivity contribution is 5.91. The first-order valence-electron chi connectivity index (χ1n) is 11.9. The van der Waals surface area contributed by atoms with Crippen LogP contribution in [0.1, 0.15) is 72.1 Å². The molecule has 2 aliphatic rings. The smallest absolute Gasteiger partial charge is 0.408 e. The van der Waals surface area contributed by atoms with Gasteiger partial charge in [-0.15, -0.1) is 0 Å². The molecule has 3 N–H and O–H groups in total. The topological polar surface area (TPSA) is 128 Å². The number of methoxy groups -OCH3 is 1. The predicted molar refractivity (Wildman–Crippen MR) is 123 cm³/mol. The zero-order valence-electron chi connectivity index (χ0n) is 20.3. The summed E-state index contributed by atoms with van der Waals surface area (Å²) < 4.78 is 10.1. The third-order valence-corrected chi connectivity index (χ3v) is 5.94. The van der Waals surface area contributed by atoms with Gasteiger partial charge in [-0.1, -0.05) is 25.0 Å². The highest BCUT2D eigenvalue weighted by Crippen LogP contribution is 2.40. The molecule has 2 rings (SSSR count). The maximum atomic E-state index is 13.1. The highest BCUT2D eigenvalue weighted by Gasteiger charge is 2.42. The Kier molecular flexibility index (Phi) is 9.73. The van der Waals surface area contributed by atoms with Crippen LogP contribution in [0.3, 0.4) is 0 Å². The van der Waals surface area contributed by atoms with Gasteiger partial charge in [0.25, 0.3) is 0 Å². The summed E-state index contributed by atoms with van der Waals surface area (Å²) >= 11 is 0. The number of allylic oxidation sites excluding steroid dienone is 2. The molecule has 33 heavy (non-hydrogen) atoms. The number of hydrogen-bond acceptors (Lipinski definition) is 6. The van der Waals surface area contributed by atoms with E-state index in [2.05, 4.69) is 17.5 Å². The van der Waals surface area contributed by atoms with Gasteiger partial charge in [-0.2, -0.15) is 0 Å². The van der Waals surface area contributed by atoms with Crippen LogP contribution in [0.5, 0.6) is 0 Å². The van der Waals surface area contributed by atoms with E-state index in [-0.39, 0.29) is 23.7 Å². The molecule has 0 aromatic rings. The van der Waals surface area contributed by atoms with E-state index >= 15 is 0 Å². The van der Waals surface area contributed by atoms with E-state index in [1.54, 1.807) is 20.8 Å². The van der Waals surface area contributed by atoms with Crippen molar-refractivity contribution in [2.24, 2.45) is 17.6 Å². The van der Waals surface area contributed by atoms with Crippen LogP contribution in [0.2, 0.25) is 0 Å². The number of nitrogens with two attached hydrogens (primary N) is 1. The standard InChI is InChI=1S/C24H39N3O6/c1-24(2,3)33-23(31)26-18(21(29)27-14-10-13-19(27)20(25)28)12-9-7-5-6-8-11-16-15-17(16)22(30)32-4/h8,11,16-19H,5-7,9-10,12-15H2,1-4H3,(H2,25,28)(H,26,31)/b11-8-/t16-,17+,18+,19+/m1/s1. The summed E-state index contributed by atoms with van der Waals surface area (Å²) in [5.74, 6) is -0.657. The molecular formula is C24H39N3O6. The molecule has 0 spiro atoms. The van der Waals surface area contributed by atoms with Gasteiger partial charge in [-0.25, -0.2) is 4.79 Å². The zero-order chi connectivity index (χ0) is 24.6. The second kappa shape index (κ2) is 12.0. The first-order chi connectivity index (χ1) is 15.5. The number of esters is 1. The summed E-state index contributed by atoms with van der Waals surface area (Å²) in [6.45, 7) is 5.73. The fourth-order valence-corrected chi connectivity index (χ4v) is 4.14. The molecule has 0 unspecified atom stereocenters. The van der Waals surface area contributed by atoms with E-state index in [9.17, 15) is 19.2 Å². The van der Waals surface area contributed by atoms with Crippen LogP contribution in [0, 0.1) is 11.8 Å². The van der Waals surface area contributed by atoms with E-state index in [1.165, 1.54) is 12.0 Å². The molecule has 0 radical (unpaired) electrons. The largest absolute Gasteiger partial charge is 0.469 e. The third kappa shape index (κ3) is 8.70. The van der Waals surface area contributed by atoms with Crippen LogP contribution in [-0.2, 0) is 23.9 Å². The molecule has 0 aromatic heterocycles. The number of alkyl carbamates (subject to hydrolysis) is 1. The molecule has 2 fully saturated rings. The quantitative estimate of drug-likeness (QED) is 0.274. The Labute approximate surface area is 196 Å². The molecule has 9 heteroatoms. The molecule has 3 amide bonds. The lowest BCUT2D eigenvalue weighted by Crippen LogP contribution is -2.53. The Morgan fingerprint density at radius 3 is 2.55 bits per heavy atom.